The van der Waals surface area contributed by atoms with Crippen LogP contribution >= 0.6 is 34.8 Å². The van der Waals surface area contributed by atoms with E-state index in [9.17, 15) is 13.6 Å². The summed E-state index contributed by atoms with van der Waals surface area (Å²) in [5.74, 6) is -0.379. The molecule has 1 rings (SSSR count). The summed E-state index contributed by atoms with van der Waals surface area (Å²) >= 11 is 17.4. The van der Waals surface area contributed by atoms with Crippen LogP contribution in [0.2, 0.25) is 15.1 Å². The standard InChI is InChI=1S/C11H9Cl3F2O2/c12-6-3-7(13)11(8(14)4-6)9(17)1-2-18-5-10(15)16/h3-4,10H,1-2,5H2. The molecule has 0 fully saturated rings. The lowest BCUT2D eigenvalue weighted by Gasteiger charge is -2.07. The van der Waals surface area contributed by atoms with Crippen molar-refractivity contribution in [3.63, 3.8) is 0 Å². The van der Waals surface area contributed by atoms with Crippen molar-refractivity contribution < 1.29 is 18.3 Å². The first-order chi connectivity index (χ1) is 8.41. The van der Waals surface area contributed by atoms with Crippen LogP contribution in [-0.2, 0) is 4.74 Å². The van der Waals surface area contributed by atoms with Crippen LogP contribution in [-0.4, -0.2) is 25.4 Å². The first-order valence-corrected chi connectivity index (χ1v) is 6.09. The molecule has 0 radical (unpaired) electrons. The first kappa shape index (κ1) is 15.6. The highest BCUT2D eigenvalue weighted by molar-refractivity contribution is 6.42. The number of ketones is 1. The molecule has 100 valence electrons. The van der Waals surface area contributed by atoms with E-state index in [-0.39, 0.29) is 34.4 Å². The van der Waals surface area contributed by atoms with Crippen LogP contribution in [0.3, 0.4) is 0 Å². The molecule has 0 aliphatic heterocycles. The summed E-state index contributed by atoms with van der Waals surface area (Å²) in [4.78, 5) is 11.8. The van der Waals surface area contributed by atoms with Crippen LogP contribution in [0.4, 0.5) is 8.78 Å². The number of carbonyl (C=O) groups is 1. The minimum absolute atomic E-state index is 0.0756. The van der Waals surface area contributed by atoms with E-state index in [1.54, 1.807) is 0 Å². The molecule has 0 saturated heterocycles. The van der Waals surface area contributed by atoms with Gasteiger partial charge in [0.25, 0.3) is 6.43 Å². The van der Waals surface area contributed by atoms with Gasteiger partial charge in [-0.2, -0.15) is 0 Å². The van der Waals surface area contributed by atoms with E-state index in [1.165, 1.54) is 12.1 Å². The molecule has 18 heavy (non-hydrogen) atoms. The Morgan fingerprint density at radius 3 is 2.28 bits per heavy atom. The number of hydrogen-bond donors (Lipinski definition) is 0. The van der Waals surface area contributed by atoms with Gasteiger partial charge in [-0.15, -0.1) is 0 Å². The van der Waals surface area contributed by atoms with Gasteiger partial charge in [0.1, 0.15) is 6.61 Å². The number of Topliss-reactive ketones (excluding diaryl/α,β-unsaturated/α-hetero) is 1. The predicted molar refractivity (Wildman–Crippen MR) is 67.2 cm³/mol. The van der Waals surface area contributed by atoms with Crippen molar-refractivity contribution in [2.75, 3.05) is 13.2 Å². The molecule has 2 nitrogen and oxygen atoms in total. The molecule has 0 atom stereocenters. The van der Waals surface area contributed by atoms with Gasteiger partial charge in [0.2, 0.25) is 0 Å². The molecule has 0 aliphatic rings. The number of carbonyl (C=O) groups excluding carboxylic acids is 1. The third-order valence-corrected chi connectivity index (χ3v) is 2.82. The largest absolute Gasteiger partial charge is 0.375 e. The zero-order valence-corrected chi connectivity index (χ0v) is 11.3. The number of rotatable bonds is 6. The quantitative estimate of drug-likeness (QED) is 0.570. The lowest BCUT2D eigenvalue weighted by Crippen LogP contribution is -2.10. The molecule has 0 aromatic heterocycles. The van der Waals surface area contributed by atoms with E-state index < -0.39 is 13.0 Å². The normalized spacial score (nSPS) is 11.0. The van der Waals surface area contributed by atoms with Gasteiger partial charge in [0, 0.05) is 11.4 Å². The lowest BCUT2D eigenvalue weighted by atomic mass is 10.1. The fraction of sp³-hybridized carbons (Fsp3) is 0.364. The number of halogens is 5. The fourth-order valence-electron chi connectivity index (χ4n) is 1.27. The second kappa shape index (κ2) is 7.24. The Labute approximate surface area is 118 Å². The number of alkyl halides is 2. The molecule has 0 spiro atoms. The van der Waals surface area contributed by atoms with Crippen LogP contribution in [0.1, 0.15) is 16.8 Å². The molecule has 0 saturated carbocycles. The Balaban J connectivity index is 2.62. The van der Waals surface area contributed by atoms with Crippen LogP contribution in [0.15, 0.2) is 12.1 Å². The fourth-order valence-corrected chi connectivity index (χ4v) is 2.30. The SMILES string of the molecule is O=C(CCOCC(F)F)c1c(Cl)cc(Cl)cc1Cl. The maximum absolute atomic E-state index is 11.8. The van der Waals surface area contributed by atoms with Gasteiger partial charge >= 0.3 is 0 Å². The Hall–Kier alpha value is -0.420. The third-order valence-electron chi connectivity index (χ3n) is 2.00. The van der Waals surface area contributed by atoms with Crippen molar-refractivity contribution >= 4 is 40.6 Å². The molecule has 0 N–H and O–H groups in total. The Morgan fingerprint density at radius 1 is 1.22 bits per heavy atom. The van der Waals surface area contributed by atoms with Crippen molar-refractivity contribution in [3.05, 3.63) is 32.8 Å². The summed E-state index contributed by atoms with van der Waals surface area (Å²) in [7, 11) is 0. The Bertz CT molecular complexity index is 415. The molecule has 1 aromatic rings. The second-order valence-electron chi connectivity index (χ2n) is 3.38. The van der Waals surface area contributed by atoms with Crippen molar-refractivity contribution in [2.24, 2.45) is 0 Å². The Morgan fingerprint density at radius 2 is 1.78 bits per heavy atom. The summed E-state index contributed by atoms with van der Waals surface area (Å²) < 4.78 is 28.2. The molecule has 0 bridgehead atoms. The van der Waals surface area contributed by atoms with Gasteiger partial charge in [0.05, 0.1) is 22.2 Å². The zero-order valence-electron chi connectivity index (χ0n) is 9.06. The summed E-state index contributed by atoms with van der Waals surface area (Å²) in [6.45, 7) is -0.812. The van der Waals surface area contributed by atoms with Crippen molar-refractivity contribution in [2.45, 2.75) is 12.8 Å². The maximum atomic E-state index is 11.8. The van der Waals surface area contributed by atoms with Crippen LogP contribution < -0.4 is 0 Å². The molecule has 1 aromatic carbocycles. The summed E-state index contributed by atoms with van der Waals surface area (Å²) in [5.41, 5.74) is 0.128. The molecule has 0 unspecified atom stereocenters. The predicted octanol–water partition coefficient (Wildman–Crippen LogP) is 4.50. The second-order valence-corrected chi connectivity index (χ2v) is 4.63. The first-order valence-electron chi connectivity index (χ1n) is 4.95. The topological polar surface area (TPSA) is 26.3 Å². The average Bonchev–Trinajstić information content (AvgIpc) is 2.22. The summed E-state index contributed by atoms with van der Waals surface area (Å²) in [6, 6.07) is 2.78. The average molecular weight is 318 g/mol. The highest BCUT2D eigenvalue weighted by Gasteiger charge is 2.16. The Kier molecular flexibility index (Phi) is 6.29. The van der Waals surface area contributed by atoms with E-state index in [0.717, 1.165) is 0 Å². The number of ether oxygens (including phenoxy) is 1. The molecular formula is C11H9Cl3F2O2. The van der Waals surface area contributed by atoms with Crippen LogP contribution in [0.5, 0.6) is 0 Å². The minimum atomic E-state index is -2.55. The van der Waals surface area contributed by atoms with Gasteiger partial charge in [-0.05, 0) is 12.1 Å². The van der Waals surface area contributed by atoms with Crippen molar-refractivity contribution in [1.82, 2.24) is 0 Å². The molecular weight excluding hydrogens is 308 g/mol. The van der Waals surface area contributed by atoms with Gasteiger partial charge < -0.3 is 4.74 Å². The van der Waals surface area contributed by atoms with E-state index in [4.69, 9.17) is 34.8 Å². The van der Waals surface area contributed by atoms with Crippen molar-refractivity contribution in [1.29, 1.82) is 0 Å². The third kappa shape index (κ3) is 4.69. The van der Waals surface area contributed by atoms with E-state index in [0.29, 0.717) is 5.02 Å². The maximum Gasteiger partial charge on any atom is 0.261 e. The molecule has 0 heterocycles. The molecule has 0 amide bonds. The van der Waals surface area contributed by atoms with Gasteiger partial charge in [-0.1, -0.05) is 34.8 Å². The number of benzene rings is 1. The van der Waals surface area contributed by atoms with E-state index in [1.807, 2.05) is 0 Å². The summed E-state index contributed by atoms with van der Waals surface area (Å²) in [6.07, 6.45) is -2.63. The van der Waals surface area contributed by atoms with Gasteiger partial charge in [0.15, 0.2) is 5.78 Å². The van der Waals surface area contributed by atoms with Gasteiger partial charge in [-0.25, -0.2) is 8.78 Å². The smallest absolute Gasteiger partial charge is 0.261 e. The van der Waals surface area contributed by atoms with Crippen molar-refractivity contribution in [3.8, 4) is 0 Å². The minimum Gasteiger partial charge on any atom is -0.375 e. The van der Waals surface area contributed by atoms with Gasteiger partial charge in [-0.3, -0.25) is 4.79 Å². The van der Waals surface area contributed by atoms with Crippen LogP contribution in [0, 0.1) is 0 Å². The molecule has 0 aliphatic carbocycles. The van der Waals surface area contributed by atoms with E-state index in [2.05, 4.69) is 4.74 Å². The zero-order chi connectivity index (χ0) is 13.7. The molecule has 7 heteroatoms. The lowest BCUT2D eigenvalue weighted by molar-refractivity contribution is 0.0170. The number of hydrogen-bond acceptors (Lipinski definition) is 2. The van der Waals surface area contributed by atoms with E-state index >= 15 is 0 Å². The highest BCUT2D eigenvalue weighted by atomic mass is 35.5. The summed E-state index contributed by atoms with van der Waals surface area (Å²) in [5, 5.41) is 0.577. The van der Waals surface area contributed by atoms with Crippen LogP contribution in [0.25, 0.3) is 0 Å². The highest BCUT2D eigenvalue weighted by Crippen LogP contribution is 2.29. The monoisotopic (exact) mass is 316 g/mol.